The van der Waals surface area contributed by atoms with Crippen molar-refractivity contribution in [2.24, 2.45) is 0 Å². The lowest BCUT2D eigenvalue weighted by Gasteiger charge is -2.34. The van der Waals surface area contributed by atoms with Crippen molar-refractivity contribution in [3.05, 3.63) is 42.5 Å². The smallest absolute Gasteiger partial charge is 0.268 e. The van der Waals surface area contributed by atoms with Crippen molar-refractivity contribution in [2.75, 3.05) is 24.1 Å². The average Bonchev–Trinajstić information content (AvgIpc) is 2.86. The van der Waals surface area contributed by atoms with Crippen LogP contribution in [0.25, 0.3) is 0 Å². The van der Waals surface area contributed by atoms with Gasteiger partial charge in [-0.05, 0) is 31.2 Å². The van der Waals surface area contributed by atoms with Crippen LogP contribution in [0, 0.1) is 0 Å². The number of anilines is 1. The number of hydrogen-bond donors (Lipinski definition) is 0. The number of ether oxygens (including phenoxy) is 3. The lowest BCUT2D eigenvalue weighted by atomic mass is 10.2. The first-order chi connectivity index (χ1) is 12.1. The number of nitrogens with zero attached hydrogens (tertiary/aromatic N) is 1. The highest BCUT2D eigenvalue weighted by atomic mass is 32.2. The molecular formula is C18H19NO5S. The molecule has 0 aliphatic carbocycles. The van der Waals surface area contributed by atoms with Gasteiger partial charge in [0.2, 0.25) is 0 Å². The topological polar surface area (TPSA) is 65.1 Å². The van der Waals surface area contributed by atoms with Crippen molar-refractivity contribution in [1.29, 1.82) is 0 Å². The zero-order chi connectivity index (χ0) is 17.4. The van der Waals surface area contributed by atoms with Crippen LogP contribution in [0.3, 0.4) is 0 Å². The molecule has 7 heteroatoms. The molecule has 0 N–H and O–H groups in total. The first-order valence-electron chi connectivity index (χ1n) is 8.24. The normalized spacial score (nSPS) is 19.6. The van der Waals surface area contributed by atoms with E-state index in [9.17, 15) is 8.42 Å². The standard InChI is InChI=1S/C18H19NO5S/c1-13-12-19(14-6-2-3-7-15(14)24-13)25(20,21)17-9-4-8-16-18(17)23-11-5-10-22-16/h2-4,6-9,13H,5,10-12H2,1H3. The fraction of sp³-hybridized carbons (Fsp3) is 0.333. The lowest BCUT2D eigenvalue weighted by molar-refractivity contribution is 0.219. The molecular weight excluding hydrogens is 342 g/mol. The summed E-state index contributed by atoms with van der Waals surface area (Å²) in [4.78, 5) is 0.121. The number of benzene rings is 2. The maximum Gasteiger partial charge on any atom is 0.268 e. The molecule has 2 aromatic carbocycles. The van der Waals surface area contributed by atoms with Crippen LogP contribution < -0.4 is 18.5 Å². The monoisotopic (exact) mass is 361 g/mol. The Hall–Kier alpha value is -2.41. The quantitative estimate of drug-likeness (QED) is 0.823. The number of rotatable bonds is 2. The Bertz CT molecular complexity index is 896. The fourth-order valence-electron chi connectivity index (χ4n) is 3.07. The summed E-state index contributed by atoms with van der Waals surface area (Å²) in [6.45, 7) is 3.02. The number of sulfonamides is 1. The molecule has 25 heavy (non-hydrogen) atoms. The van der Waals surface area contributed by atoms with Gasteiger partial charge in [0.15, 0.2) is 11.5 Å². The highest BCUT2D eigenvalue weighted by molar-refractivity contribution is 7.93. The fourth-order valence-corrected chi connectivity index (χ4v) is 4.76. The van der Waals surface area contributed by atoms with E-state index in [0.717, 1.165) is 0 Å². The molecule has 0 spiro atoms. The molecule has 6 nitrogen and oxygen atoms in total. The summed E-state index contributed by atoms with van der Waals surface area (Å²) < 4.78 is 45.3. The Morgan fingerprint density at radius 1 is 1.00 bits per heavy atom. The molecule has 2 heterocycles. The van der Waals surface area contributed by atoms with E-state index >= 15 is 0 Å². The summed E-state index contributed by atoms with van der Waals surface area (Å²) >= 11 is 0. The maximum absolute atomic E-state index is 13.4. The van der Waals surface area contributed by atoms with Crippen LogP contribution in [0.2, 0.25) is 0 Å². The third kappa shape index (κ3) is 2.78. The predicted octanol–water partition coefficient (Wildman–Crippen LogP) is 2.82. The Kier molecular flexibility index (Phi) is 3.95. The summed E-state index contributed by atoms with van der Waals surface area (Å²) in [5.41, 5.74) is 0.535. The Morgan fingerprint density at radius 3 is 2.64 bits per heavy atom. The SMILES string of the molecule is CC1CN(S(=O)(=O)c2cccc3c2OCCCO3)c2ccccc2O1. The summed E-state index contributed by atoms with van der Waals surface area (Å²) in [5, 5.41) is 0. The Labute approximate surface area is 147 Å². The second kappa shape index (κ2) is 6.15. The summed E-state index contributed by atoms with van der Waals surface area (Å²) in [7, 11) is -3.82. The highest BCUT2D eigenvalue weighted by Gasteiger charge is 2.35. The molecule has 0 bridgehead atoms. The van der Waals surface area contributed by atoms with Crippen molar-refractivity contribution >= 4 is 15.7 Å². The van der Waals surface area contributed by atoms with Gasteiger partial charge in [-0.3, -0.25) is 4.31 Å². The molecule has 2 aromatic rings. The van der Waals surface area contributed by atoms with E-state index in [1.807, 2.05) is 13.0 Å². The van der Waals surface area contributed by atoms with Crippen molar-refractivity contribution in [1.82, 2.24) is 0 Å². The Balaban J connectivity index is 1.84. The molecule has 0 amide bonds. The number of para-hydroxylation sites is 3. The molecule has 4 rings (SSSR count). The molecule has 0 saturated carbocycles. The van der Waals surface area contributed by atoms with Crippen LogP contribution in [0.1, 0.15) is 13.3 Å². The first-order valence-corrected chi connectivity index (χ1v) is 9.68. The summed E-state index contributed by atoms with van der Waals surface area (Å²) in [5.74, 6) is 1.31. The third-order valence-electron chi connectivity index (χ3n) is 4.19. The minimum Gasteiger partial charge on any atom is -0.490 e. The molecule has 2 aliphatic heterocycles. The van der Waals surface area contributed by atoms with E-state index < -0.39 is 10.0 Å². The number of fused-ring (bicyclic) bond motifs is 2. The average molecular weight is 361 g/mol. The van der Waals surface area contributed by atoms with Gasteiger partial charge in [-0.25, -0.2) is 8.42 Å². The van der Waals surface area contributed by atoms with Gasteiger partial charge in [0.1, 0.15) is 16.7 Å². The van der Waals surface area contributed by atoms with Gasteiger partial charge in [0, 0.05) is 6.42 Å². The van der Waals surface area contributed by atoms with Crippen LogP contribution in [0.15, 0.2) is 47.4 Å². The minimum absolute atomic E-state index is 0.121. The molecule has 0 aromatic heterocycles. The van der Waals surface area contributed by atoms with E-state index in [-0.39, 0.29) is 23.3 Å². The molecule has 0 fully saturated rings. The van der Waals surface area contributed by atoms with Crippen molar-refractivity contribution in [2.45, 2.75) is 24.3 Å². The second-order valence-corrected chi connectivity index (χ2v) is 7.90. The van der Waals surface area contributed by atoms with Gasteiger partial charge < -0.3 is 14.2 Å². The predicted molar refractivity (Wildman–Crippen MR) is 93.1 cm³/mol. The van der Waals surface area contributed by atoms with E-state index in [4.69, 9.17) is 14.2 Å². The largest absolute Gasteiger partial charge is 0.490 e. The van der Waals surface area contributed by atoms with Crippen LogP contribution in [-0.4, -0.2) is 34.3 Å². The highest BCUT2D eigenvalue weighted by Crippen LogP contribution is 2.41. The van der Waals surface area contributed by atoms with Crippen molar-refractivity contribution < 1.29 is 22.6 Å². The van der Waals surface area contributed by atoms with Crippen molar-refractivity contribution in [3.63, 3.8) is 0 Å². The zero-order valence-electron chi connectivity index (χ0n) is 13.8. The van der Waals surface area contributed by atoms with Gasteiger partial charge in [0.05, 0.1) is 25.4 Å². The Morgan fingerprint density at radius 2 is 1.76 bits per heavy atom. The summed E-state index contributed by atoms with van der Waals surface area (Å²) in [6, 6.07) is 12.1. The van der Waals surface area contributed by atoms with Gasteiger partial charge in [-0.1, -0.05) is 18.2 Å². The van der Waals surface area contributed by atoms with E-state index in [2.05, 4.69) is 0 Å². The van der Waals surface area contributed by atoms with Gasteiger partial charge in [-0.15, -0.1) is 0 Å². The number of hydrogen-bond acceptors (Lipinski definition) is 5. The molecule has 0 radical (unpaired) electrons. The van der Waals surface area contributed by atoms with Crippen LogP contribution in [-0.2, 0) is 10.0 Å². The van der Waals surface area contributed by atoms with Gasteiger partial charge in [-0.2, -0.15) is 0 Å². The molecule has 1 atom stereocenters. The van der Waals surface area contributed by atoms with Crippen LogP contribution in [0.4, 0.5) is 5.69 Å². The van der Waals surface area contributed by atoms with Gasteiger partial charge >= 0.3 is 0 Å². The van der Waals surface area contributed by atoms with Crippen molar-refractivity contribution in [3.8, 4) is 17.2 Å². The maximum atomic E-state index is 13.4. The van der Waals surface area contributed by atoms with E-state index in [1.54, 1.807) is 36.4 Å². The third-order valence-corrected chi connectivity index (χ3v) is 5.99. The van der Waals surface area contributed by atoms with Gasteiger partial charge in [0.25, 0.3) is 10.0 Å². The lowest BCUT2D eigenvalue weighted by Crippen LogP contribution is -2.42. The second-order valence-electron chi connectivity index (χ2n) is 6.07. The molecule has 0 saturated heterocycles. The molecule has 132 valence electrons. The van der Waals surface area contributed by atoms with E-state index in [1.165, 1.54) is 4.31 Å². The summed E-state index contributed by atoms with van der Waals surface area (Å²) in [6.07, 6.45) is 0.468. The molecule has 1 unspecified atom stereocenters. The van der Waals surface area contributed by atoms with Crippen LogP contribution >= 0.6 is 0 Å². The minimum atomic E-state index is -3.82. The van der Waals surface area contributed by atoms with Crippen LogP contribution in [0.5, 0.6) is 17.2 Å². The first kappa shape index (κ1) is 16.1. The zero-order valence-corrected chi connectivity index (χ0v) is 14.7. The van der Waals surface area contributed by atoms with E-state index in [0.29, 0.717) is 36.8 Å². The molecule has 2 aliphatic rings.